The molecule has 1 fully saturated rings. The Labute approximate surface area is 89.7 Å². The van der Waals surface area contributed by atoms with Crippen molar-refractivity contribution in [2.75, 3.05) is 13.1 Å². The van der Waals surface area contributed by atoms with Crippen molar-refractivity contribution in [1.82, 2.24) is 5.32 Å². The molecule has 1 N–H and O–H groups in total. The Hall–Kier alpha value is -0.0400. The highest BCUT2D eigenvalue weighted by Gasteiger charge is 2.25. The van der Waals surface area contributed by atoms with Crippen molar-refractivity contribution in [2.45, 2.75) is 59.3 Å². The monoisotopic (exact) mass is 197 g/mol. The summed E-state index contributed by atoms with van der Waals surface area (Å²) in [7, 11) is 0. The Morgan fingerprint density at radius 3 is 2.36 bits per heavy atom. The van der Waals surface area contributed by atoms with Gasteiger partial charge in [0.2, 0.25) is 0 Å². The maximum absolute atomic E-state index is 3.63. The van der Waals surface area contributed by atoms with E-state index in [1.807, 2.05) is 0 Å². The van der Waals surface area contributed by atoms with Crippen LogP contribution < -0.4 is 5.32 Å². The SMILES string of the molecule is CC(C)CCNCC1(C)CCCCC1. The van der Waals surface area contributed by atoms with Gasteiger partial charge in [-0.25, -0.2) is 0 Å². The summed E-state index contributed by atoms with van der Waals surface area (Å²) in [6.07, 6.45) is 8.53. The number of rotatable bonds is 5. The third-order valence-corrected chi connectivity index (χ3v) is 3.51. The van der Waals surface area contributed by atoms with Gasteiger partial charge >= 0.3 is 0 Å². The molecule has 1 heteroatoms. The smallest absolute Gasteiger partial charge is 0.000516 e. The highest BCUT2D eigenvalue weighted by Crippen LogP contribution is 2.34. The van der Waals surface area contributed by atoms with Crippen molar-refractivity contribution in [1.29, 1.82) is 0 Å². The summed E-state index contributed by atoms with van der Waals surface area (Å²) in [5.41, 5.74) is 0.606. The lowest BCUT2D eigenvalue weighted by Crippen LogP contribution is -2.34. The molecule has 1 aliphatic carbocycles. The minimum atomic E-state index is 0.606. The Morgan fingerprint density at radius 1 is 1.14 bits per heavy atom. The molecule has 0 saturated heterocycles. The van der Waals surface area contributed by atoms with Crippen molar-refractivity contribution in [3.63, 3.8) is 0 Å². The zero-order chi connectivity index (χ0) is 10.4. The Bertz CT molecular complexity index is 145. The van der Waals surface area contributed by atoms with Crippen LogP contribution in [0, 0.1) is 11.3 Å². The summed E-state index contributed by atoms with van der Waals surface area (Å²) in [6, 6.07) is 0. The van der Waals surface area contributed by atoms with Gasteiger partial charge in [-0.05, 0) is 37.1 Å². The first-order chi connectivity index (χ1) is 6.62. The van der Waals surface area contributed by atoms with Crippen LogP contribution in [0.4, 0.5) is 0 Å². The summed E-state index contributed by atoms with van der Waals surface area (Å²) in [5.74, 6) is 0.835. The summed E-state index contributed by atoms with van der Waals surface area (Å²) >= 11 is 0. The summed E-state index contributed by atoms with van der Waals surface area (Å²) in [4.78, 5) is 0. The lowest BCUT2D eigenvalue weighted by molar-refractivity contribution is 0.207. The molecule has 0 amide bonds. The van der Waals surface area contributed by atoms with Crippen LogP contribution in [0.5, 0.6) is 0 Å². The molecule has 1 nitrogen and oxygen atoms in total. The first-order valence-corrected chi connectivity index (χ1v) is 6.33. The predicted molar refractivity (Wildman–Crippen MR) is 63.5 cm³/mol. The third kappa shape index (κ3) is 4.45. The molecule has 0 aromatic carbocycles. The average Bonchev–Trinajstić information content (AvgIpc) is 2.14. The molecule has 1 rings (SSSR count). The van der Waals surface area contributed by atoms with Gasteiger partial charge in [0.15, 0.2) is 0 Å². The fourth-order valence-electron chi connectivity index (χ4n) is 2.36. The maximum Gasteiger partial charge on any atom is 0.000516 e. The van der Waals surface area contributed by atoms with Crippen LogP contribution in [-0.4, -0.2) is 13.1 Å². The number of nitrogens with one attached hydrogen (secondary N) is 1. The molecule has 0 heterocycles. The summed E-state index contributed by atoms with van der Waals surface area (Å²) < 4.78 is 0. The Balaban J connectivity index is 2.09. The van der Waals surface area contributed by atoms with Crippen LogP contribution in [0.2, 0.25) is 0 Å². The third-order valence-electron chi connectivity index (χ3n) is 3.51. The minimum Gasteiger partial charge on any atom is -0.316 e. The van der Waals surface area contributed by atoms with E-state index >= 15 is 0 Å². The van der Waals surface area contributed by atoms with Gasteiger partial charge in [0.05, 0.1) is 0 Å². The topological polar surface area (TPSA) is 12.0 Å². The van der Waals surface area contributed by atoms with E-state index in [4.69, 9.17) is 0 Å². The Morgan fingerprint density at radius 2 is 1.79 bits per heavy atom. The van der Waals surface area contributed by atoms with E-state index in [1.165, 1.54) is 51.6 Å². The van der Waals surface area contributed by atoms with Crippen molar-refractivity contribution in [3.8, 4) is 0 Å². The van der Waals surface area contributed by atoms with Crippen molar-refractivity contribution in [3.05, 3.63) is 0 Å². The molecule has 0 aliphatic heterocycles. The van der Waals surface area contributed by atoms with Crippen LogP contribution >= 0.6 is 0 Å². The number of hydrogen-bond donors (Lipinski definition) is 1. The van der Waals surface area contributed by atoms with Gasteiger partial charge in [0.25, 0.3) is 0 Å². The standard InChI is InChI=1S/C13H27N/c1-12(2)7-10-14-11-13(3)8-5-4-6-9-13/h12,14H,4-11H2,1-3H3. The molecular formula is C13H27N. The molecular weight excluding hydrogens is 170 g/mol. The first kappa shape index (κ1) is 12.0. The molecule has 0 bridgehead atoms. The van der Waals surface area contributed by atoms with E-state index < -0.39 is 0 Å². The van der Waals surface area contributed by atoms with E-state index in [-0.39, 0.29) is 0 Å². The molecule has 14 heavy (non-hydrogen) atoms. The minimum absolute atomic E-state index is 0.606. The zero-order valence-electron chi connectivity index (χ0n) is 10.2. The lowest BCUT2D eigenvalue weighted by atomic mass is 9.76. The van der Waals surface area contributed by atoms with Gasteiger partial charge in [-0.3, -0.25) is 0 Å². The predicted octanol–water partition coefficient (Wildman–Crippen LogP) is 3.59. The second-order valence-electron chi connectivity index (χ2n) is 5.73. The summed E-state index contributed by atoms with van der Waals surface area (Å²) in [6.45, 7) is 9.48. The highest BCUT2D eigenvalue weighted by atomic mass is 14.9. The van der Waals surface area contributed by atoms with E-state index in [0.717, 1.165) is 5.92 Å². The van der Waals surface area contributed by atoms with Crippen molar-refractivity contribution < 1.29 is 0 Å². The van der Waals surface area contributed by atoms with Crippen LogP contribution in [0.3, 0.4) is 0 Å². The van der Waals surface area contributed by atoms with Crippen LogP contribution in [0.1, 0.15) is 59.3 Å². The largest absolute Gasteiger partial charge is 0.316 e. The molecule has 0 atom stereocenters. The van der Waals surface area contributed by atoms with Gasteiger partial charge < -0.3 is 5.32 Å². The zero-order valence-corrected chi connectivity index (χ0v) is 10.2. The molecule has 1 aliphatic rings. The Kier molecular flexibility index (Phi) is 4.94. The molecule has 1 saturated carbocycles. The van der Waals surface area contributed by atoms with Crippen LogP contribution in [0.15, 0.2) is 0 Å². The van der Waals surface area contributed by atoms with E-state index in [1.54, 1.807) is 0 Å². The second kappa shape index (κ2) is 5.75. The molecule has 84 valence electrons. The highest BCUT2D eigenvalue weighted by molar-refractivity contribution is 4.80. The van der Waals surface area contributed by atoms with Gasteiger partial charge in [-0.1, -0.05) is 40.0 Å². The maximum atomic E-state index is 3.63. The van der Waals surface area contributed by atoms with Gasteiger partial charge in [-0.15, -0.1) is 0 Å². The van der Waals surface area contributed by atoms with Crippen LogP contribution in [-0.2, 0) is 0 Å². The first-order valence-electron chi connectivity index (χ1n) is 6.33. The summed E-state index contributed by atoms with van der Waals surface area (Å²) in [5, 5.41) is 3.63. The van der Waals surface area contributed by atoms with Crippen molar-refractivity contribution in [2.24, 2.45) is 11.3 Å². The normalized spacial score (nSPS) is 21.4. The lowest BCUT2D eigenvalue weighted by Gasteiger charge is -2.33. The molecule has 0 aromatic heterocycles. The number of hydrogen-bond acceptors (Lipinski definition) is 1. The molecule has 0 unspecified atom stereocenters. The van der Waals surface area contributed by atoms with Gasteiger partial charge in [0.1, 0.15) is 0 Å². The average molecular weight is 197 g/mol. The molecule has 0 spiro atoms. The van der Waals surface area contributed by atoms with Gasteiger partial charge in [0, 0.05) is 6.54 Å². The molecule has 0 radical (unpaired) electrons. The van der Waals surface area contributed by atoms with Gasteiger partial charge in [-0.2, -0.15) is 0 Å². The van der Waals surface area contributed by atoms with Crippen LogP contribution in [0.25, 0.3) is 0 Å². The molecule has 0 aromatic rings. The second-order valence-corrected chi connectivity index (χ2v) is 5.73. The quantitative estimate of drug-likeness (QED) is 0.664. The fourth-order valence-corrected chi connectivity index (χ4v) is 2.36. The van der Waals surface area contributed by atoms with E-state index in [9.17, 15) is 0 Å². The fraction of sp³-hybridized carbons (Fsp3) is 1.00. The van der Waals surface area contributed by atoms with Crippen molar-refractivity contribution >= 4 is 0 Å². The van der Waals surface area contributed by atoms with E-state index in [2.05, 4.69) is 26.1 Å². The van der Waals surface area contributed by atoms with E-state index in [0.29, 0.717) is 5.41 Å².